The van der Waals surface area contributed by atoms with Gasteiger partial charge in [-0.25, -0.2) is 0 Å². The minimum Gasteiger partial charge on any atom is -0.497 e. The van der Waals surface area contributed by atoms with Crippen LogP contribution in [-0.4, -0.2) is 30.2 Å². The van der Waals surface area contributed by atoms with Gasteiger partial charge in [-0.1, -0.05) is 0 Å². The highest BCUT2D eigenvalue weighted by Gasteiger charge is 2.09. The maximum Gasteiger partial charge on any atom is 0.318 e. The summed E-state index contributed by atoms with van der Waals surface area (Å²) in [5.74, 6) is 0.0843. The Morgan fingerprint density at radius 3 is 2.33 bits per heavy atom. The largest absolute Gasteiger partial charge is 0.497 e. The van der Waals surface area contributed by atoms with E-state index in [4.69, 9.17) is 4.74 Å². The van der Waals surface area contributed by atoms with Crippen molar-refractivity contribution in [3.8, 4) is 5.75 Å². The lowest BCUT2D eigenvalue weighted by molar-refractivity contribution is -0.137. The second kappa shape index (κ2) is 5.50. The van der Waals surface area contributed by atoms with E-state index in [1.54, 1.807) is 31.4 Å². The summed E-state index contributed by atoms with van der Waals surface area (Å²) >= 11 is 0. The quantitative estimate of drug-likeness (QED) is 0.721. The minimum atomic E-state index is -1.35. The van der Waals surface area contributed by atoms with Gasteiger partial charge in [0.25, 0.3) is 0 Å². The van der Waals surface area contributed by atoms with Crippen molar-refractivity contribution in [2.24, 2.45) is 0 Å². The van der Waals surface area contributed by atoms with Gasteiger partial charge in [0, 0.05) is 4.90 Å². The molecule has 5 heteroatoms. The Kier molecular flexibility index (Phi) is 4.30. The van der Waals surface area contributed by atoms with E-state index in [9.17, 15) is 9.00 Å². The van der Waals surface area contributed by atoms with Crippen LogP contribution in [0.5, 0.6) is 5.75 Å². The predicted octanol–water partition coefficient (Wildman–Crippen LogP) is 0.976. The standard InChI is InChI=1S/C10H12O4S/c1-13-8-3-5-9(6-4-8)15(12)7-10(11)14-2/h3-6H,7H2,1-2H3. The zero-order valence-electron chi connectivity index (χ0n) is 8.56. The van der Waals surface area contributed by atoms with E-state index in [1.165, 1.54) is 7.11 Å². The normalized spacial score (nSPS) is 11.9. The van der Waals surface area contributed by atoms with Crippen LogP contribution in [0.15, 0.2) is 29.2 Å². The van der Waals surface area contributed by atoms with Gasteiger partial charge in [0.2, 0.25) is 0 Å². The molecule has 1 rings (SSSR count). The first-order chi connectivity index (χ1) is 7.17. The number of rotatable bonds is 4. The summed E-state index contributed by atoms with van der Waals surface area (Å²) in [6, 6.07) is 6.73. The zero-order chi connectivity index (χ0) is 11.3. The molecule has 1 unspecified atom stereocenters. The third-order valence-corrected chi connectivity index (χ3v) is 3.09. The second-order valence-corrected chi connectivity index (χ2v) is 4.19. The molecule has 0 aromatic heterocycles. The predicted molar refractivity (Wildman–Crippen MR) is 56.3 cm³/mol. The molecule has 0 aliphatic heterocycles. The highest BCUT2D eigenvalue weighted by molar-refractivity contribution is 7.85. The first kappa shape index (κ1) is 11.7. The van der Waals surface area contributed by atoms with Crippen molar-refractivity contribution in [1.29, 1.82) is 0 Å². The first-order valence-electron chi connectivity index (χ1n) is 4.26. The molecule has 0 radical (unpaired) electrons. The first-order valence-corrected chi connectivity index (χ1v) is 5.58. The fraction of sp³-hybridized carbons (Fsp3) is 0.300. The van der Waals surface area contributed by atoms with E-state index >= 15 is 0 Å². The molecule has 0 heterocycles. The maximum atomic E-state index is 11.6. The van der Waals surface area contributed by atoms with Crippen LogP contribution in [0.2, 0.25) is 0 Å². The summed E-state index contributed by atoms with van der Waals surface area (Å²) in [7, 11) is 1.47. The third-order valence-electron chi connectivity index (χ3n) is 1.80. The molecule has 0 bridgehead atoms. The lowest BCUT2D eigenvalue weighted by Gasteiger charge is -2.02. The van der Waals surface area contributed by atoms with Crippen molar-refractivity contribution in [1.82, 2.24) is 0 Å². The number of esters is 1. The molecule has 0 aliphatic rings. The highest BCUT2D eigenvalue weighted by atomic mass is 32.2. The summed E-state index contributed by atoms with van der Waals surface area (Å²) < 4.78 is 21.0. The number of benzene rings is 1. The lowest BCUT2D eigenvalue weighted by atomic mass is 10.3. The van der Waals surface area contributed by atoms with Crippen LogP contribution < -0.4 is 4.74 Å². The van der Waals surface area contributed by atoms with Gasteiger partial charge in [-0.15, -0.1) is 0 Å². The van der Waals surface area contributed by atoms with Gasteiger partial charge in [0.05, 0.1) is 25.0 Å². The van der Waals surface area contributed by atoms with Crippen molar-refractivity contribution in [3.05, 3.63) is 24.3 Å². The van der Waals surface area contributed by atoms with Crippen LogP contribution in [0, 0.1) is 0 Å². The van der Waals surface area contributed by atoms with Crippen LogP contribution in [-0.2, 0) is 20.3 Å². The third kappa shape index (κ3) is 3.36. The molecule has 0 saturated carbocycles. The molecule has 4 nitrogen and oxygen atoms in total. The smallest absolute Gasteiger partial charge is 0.318 e. The van der Waals surface area contributed by atoms with Gasteiger partial charge in [-0.05, 0) is 24.3 Å². The number of carbonyl (C=O) groups excluding carboxylic acids is 1. The molecule has 0 saturated heterocycles. The Morgan fingerprint density at radius 1 is 1.27 bits per heavy atom. The van der Waals surface area contributed by atoms with Gasteiger partial charge in [-0.2, -0.15) is 0 Å². The van der Waals surface area contributed by atoms with Crippen LogP contribution in [0.3, 0.4) is 0 Å². The summed E-state index contributed by atoms with van der Waals surface area (Å²) in [6.07, 6.45) is 0. The lowest BCUT2D eigenvalue weighted by Crippen LogP contribution is -2.11. The molecule has 15 heavy (non-hydrogen) atoms. The molecule has 82 valence electrons. The zero-order valence-corrected chi connectivity index (χ0v) is 9.37. The average molecular weight is 228 g/mol. The molecular weight excluding hydrogens is 216 g/mol. The fourth-order valence-corrected chi connectivity index (χ4v) is 1.92. The molecule has 1 aromatic carbocycles. The van der Waals surface area contributed by atoms with E-state index in [2.05, 4.69) is 4.74 Å². The van der Waals surface area contributed by atoms with E-state index in [0.717, 1.165) is 0 Å². The van der Waals surface area contributed by atoms with Gasteiger partial charge < -0.3 is 9.47 Å². The van der Waals surface area contributed by atoms with Crippen molar-refractivity contribution in [2.75, 3.05) is 20.0 Å². The van der Waals surface area contributed by atoms with Gasteiger partial charge in [0.1, 0.15) is 11.5 Å². The van der Waals surface area contributed by atoms with Gasteiger partial charge in [-0.3, -0.25) is 9.00 Å². The van der Waals surface area contributed by atoms with Crippen LogP contribution in [0.25, 0.3) is 0 Å². The minimum absolute atomic E-state index is 0.122. The average Bonchev–Trinajstić information content (AvgIpc) is 2.29. The summed E-state index contributed by atoms with van der Waals surface area (Å²) in [5.41, 5.74) is 0. The maximum absolute atomic E-state index is 11.6. The van der Waals surface area contributed by atoms with Crippen molar-refractivity contribution >= 4 is 16.8 Å². The Labute approximate surface area is 90.7 Å². The molecule has 0 N–H and O–H groups in total. The van der Waals surface area contributed by atoms with E-state index in [1.807, 2.05) is 0 Å². The van der Waals surface area contributed by atoms with E-state index in [-0.39, 0.29) is 5.75 Å². The van der Waals surface area contributed by atoms with Gasteiger partial charge in [0.15, 0.2) is 0 Å². The van der Waals surface area contributed by atoms with E-state index in [0.29, 0.717) is 10.6 Å². The molecule has 0 fully saturated rings. The number of hydrogen-bond donors (Lipinski definition) is 0. The Bertz CT molecular complexity index is 358. The Hall–Kier alpha value is -1.36. The molecule has 0 aliphatic carbocycles. The fourth-order valence-electron chi connectivity index (χ4n) is 0.977. The summed E-state index contributed by atoms with van der Waals surface area (Å²) in [5, 5.41) is 0. The van der Waals surface area contributed by atoms with Crippen molar-refractivity contribution in [2.45, 2.75) is 4.90 Å². The Balaban J connectivity index is 2.70. The number of hydrogen-bond acceptors (Lipinski definition) is 4. The summed E-state index contributed by atoms with van der Waals surface area (Å²) in [4.78, 5) is 11.5. The van der Waals surface area contributed by atoms with E-state index < -0.39 is 16.8 Å². The molecule has 1 aromatic rings. The molecule has 1 atom stereocenters. The van der Waals surface area contributed by atoms with Crippen molar-refractivity contribution in [3.63, 3.8) is 0 Å². The molecule has 0 amide bonds. The number of methoxy groups -OCH3 is 2. The highest BCUT2D eigenvalue weighted by Crippen LogP contribution is 2.14. The Morgan fingerprint density at radius 2 is 1.87 bits per heavy atom. The SMILES string of the molecule is COC(=O)CS(=O)c1ccc(OC)cc1. The monoisotopic (exact) mass is 228 g/mol. The van der Waals surface area contributed by atoms with Gasteiger partial charge >= 0.3 is 5.97 Å². The van der Waals surface area contributed by atoms with Crippen LogP contribution >= 0.6 is 0 Å². The number of carbonyl (C=O) groups is 1. The van der Waals surface area contributed by atoms with Crippen molar-refractivity contribution < 1.29 is 18.5 Å². The summed E-state index contributed by atoms with van der Waals surface area (Å²) in [6.45, 7) is 0. The topological polar surface area (TPSA) is 52.6 Å². The second-order valence-electron chi connectivity index (χ2n) is 2.74. The van der Waals surface area contributed by atoms with Crippen LogP contribution in [0.1, 0.15) is 0 Å². The molecule has 0 spiro atoms. The molecular formula is C10H12O4S. The van der Waals surface area contributed by atoms with Crippen LogP contribution in [0.4, 0.5) is 0 Å². The number of ether oxygens (including phenoxy) is 2.